The van der Waals surface area contributed by atoms with Crippen molar-refractivity contribution in [2.24, 2.45) is 5.73 Å². The highest BCUT2D eigenvalue weighted by Gasteiger charge is 2.33. The lowest BCUT2D eigenvalue weighted by Gasteiger charge is -2.25. The number of nitrogens with zero attached hydrogens (tertiary/aromatic N) is 2. The van der Waals surface area contributed by atoms with Crippen molar-refractivity contribution in [1.29, 1.82) is 0 Å². The Balaban J connectivity index is 2.34. The summed E-state index contributed by atoms with van der Waals surface area (Å²) in [4.78, 5) is 11.2. The summed E-state index contributed by atoms with van der Waals surface area (Å²) < 4.78 is 39.4. The lowest BCUT2D eigenvalue weighted by atomic mass is 9.94. The molecule has 2 rings (SSSR count). The van der Waals surface area contributed by atoms with Gasteiger partial charge < -0.3 is 10.8 Å². The smallest absolute Gasteiger partial charge is 0.384 e. The zero-order chi connectivity index (χ0) is 16.5. The minimum atomic E-state index is -4.50. The van der Waals surface area contributed by atoms with Gasteiger partial charge in [-0.3, -0.25) is 9.48 Å². The van der Waals surface area contributed by atoms with Crippen LogP contribution in [0.2, 0.25) is 0 Å². The third-order valence-electron chi connectivity index (χ3n) is 3.24. The van der Waals surface area contributed by atoms with E-state index in [0.717, 1.165) is 16.8 Å². The molecule has 118 valence electrons. The first-order valence-electron chi connectivity index (χ1n) is 6.33. The summed E-state index contributed by atoms with van der Waals surface area (Å²) in [6.07, 6.45) is -3.18. The molecule has 2 aromatic rings. The zero-order valence-electron chi connectivity index (χ0n) is 11.6. The number of carbonyl (C=O) groups excluding carboxylic acids is 1. The molecule has 0 spiro atoms. The second kappa shape index (κ2) is 5.45. The monoisotopic (exact) mass is 313 g/mol. The molecule has 22 heavy (non-hydrogen) atoms. The zero-order valence-corrected chi connectivity index (χ0v) is 11.6. The molecule has 0 aliphatic rings. The van der Waals surface area contributed by atoms with Crippen molar-refractivity contribution in [3.63, 3.8) is 0 Å². The Labute approximate surface area is 124 Å². The first-order chi connectivity index (χ1) is 10.1. The predicted molar refractivity (Wildman–Crippen MR) is 71.8 cm³/mol. The number of alkyl halides is 3. The number of hydrogen-bond acceptors (Lipinski definition) is 3. The average molecular weight is 313 g/mol. The fourth-order valence-electron chi connectivity index (χ4n) is 2.08. The van der Waals surface area contributed by atoms with Crippen LogP contribution in [-0.4, -0.2) is 20.8 Å². The summed E-state index contributed by atoms with van der Waals surface area (Å²) in [5.41, 5.74) is 2.78. The van der Waals surface area contributed by atoms with Crippen molar-refractivity contribution >= 4 is 5.91 Å². The van der Waals surface area contributed by atoms with Crippen LogP contribution in [0.4, 0.5) is 13.2 Å². The van der Waals surface area contributed by atoms with Gasteiger partial charge in [-0.2, -0.15) is 18.3 Å². The first kappa shape index (κ1) is 16.0. The maximum atomic E-state index is 12.7. The highest BCUT2D eigenvalue weighted by atomic mass is 19.4. The van der Waals surface area contributed by atoms with E-state index < -0.39 is 23.2 Å². The summed E-state index contributed by atoms with van der Waals surface area (Å²) >= 11 is 0. The highest BCUT2D eigenvalue weighted by Crippen LogP contribution is 2.32. The third kappa shape index (κ3) is 3.28. The molecule has 1 aromatic heterocycles. The molecule has 1 amide bonds. The van der Waals surface area contributed by atoms with E-state index in [0.29, 0.717) is 0 Å². The van der Waals surface area contributed by atoms with Gasteiger partial charge in [-0.15, -0.1) is 0 Å². The molecule has 0 aliphatic carbocycles. The Morgan fingerprint density at radius 3 is 2.55 bits per heavy atom. The molecule has 1 heterocycles. The van der Waals surface area contributed by atoms with Crippen molar-refractivity contribution in [3.8, 4) is 0 Å². The van der Waals surface area contributed by atoms with E-state index in [1.165, 1.54) is 31.3 Å². The quantitative estimate of drug-likeness (QED) is 0.904. The van der Waals surface area contributed by atoms with Crippen LogP contribution in [0.25, 0.3) is 0 Å². The molecular formula is C14H14F3N3O2. The van der Waals surface area contributed by atoms with Crippen LogP contribution in [0.1, 0.15) is 28.5 Å². The lowest BCUT2D eigenvalue weighted by Crippen LogP contribution is -2.31. The van der Waals surface area contributed by atoms with Crippen molar-refractivity contribution in [2.45, 2.75) is 25.2 Å². The Morgan fingerprint density at radius 1 is 1.32 bits per heavy atom. The van der Waals surface area contributed by atoms with E-state index in [9.17, 15) is 23.1 Å². The van der Waals surface area contributed by atoms with Gasteiger partial charge in [-0.25, -0.2) is 0 Å². The molecule has 3 N–H and O–H groups in total. The fraction of sp³-hybridized carbons (Fsp3) is 0.286. The van der Waals surface area contributed by atoms with E-state index in [1.807, 2.05) is 0 Å². The Morgan fingerprint density at radius 2 is 1.95 bits per heavy atom. The van der Waals surface area contributed by atoms with Crippen LogP contribution in [0.15, 0.2) is 36.5 Å². The van der Waals surface area contributed by atoms with Crippen molar-refractivity contribution in [1.82, 2.24) is 9.78 Å². The normalized spacial score (nSPS) is 14.6. The van der Waals surface area contributed by atoms with E-state index in [-0.39, 0.29) is 17.8 Å². The van der Waals surface area contributed by atoms with Crippen LogP contribution in [-0.2, 0) is 18.3 Å². The number of amides is 1. The second-order valence-electron chi connectivity index (χ2n) is 5.09. The lowest BCUT2D eigenvalue weighted by molar-refractivity contribution is -0.137. The molecule has 1 atom stereocenters. The summed E-state index contributed by atoms with van der Waals surface area (Å²) in [5, 5.41) is 14.3. The molecule has 0 fully saturated rings. The first-order valence-corrected chi connectivity index (χ1v) is 6.33. The van der Waals surface area contributed by atoms with Crippen LogP contribution in [0.5, 0.6) is 0 Å². The van der Waals surface area contributed by atoms with Crippen molar-refractivity contribution < 1.29 is 23.1 Å². The van der Waals surface area contributed by atoms with Crippen molar-refractivity contribution in [2.75, 3.05) is 0 Å². The van der Waals surface area contributed by atoms with Gasteiger partial charge in [0.25, 0.3) is 5.91 Å². The number of halogens is 3. The molecule has 5 nitrogen and oxygen atoms in total. The molecule has 0 radical (unpaired) electrons. The average Bonchev–Trinajstić information content (AvgIpc) is 2.85. The van der Waals surface area contributed by atoms with E-state index in [4.69, 9.17) is 5.73 Å². The topological polar surface area (TPSA) is 81.1 Å². The van der Waals surface area contributed by atoms with Gasteiger partial charge >= 0.3 is 6.18 Å². The minimum Gasteiger partial charge on any atom is -0.384 e. The molecule has 1 unspecified atom stereocenters. The number of hydrogen-bond donors (Lipinski definition) is 2. The fourth-order valence-corrected chi connectivity index (χ4v) is 2.08. The number of aromatic nitrogens is 2. The van der Waals surface area contributed by atoms with Crippen LogP contribution in [0.3, 0.4) is 0 Å². The Hall–Kier alpha value is -2.35. The van der Waals surface area contributed by atoms with Gasteiger partial charge in [0.05, 0.1) is 12.1 Å². The van der Waals surface area contributed by atoms with Gasteiger partial charge in [0.15, 0.2) is 0 Å². The summed E-state index contributed by atoms with van der Waals surface area (Å²) in [5.74, 6) is -0.739. The number of benzene rings is 1. The maximum absolute atomic E-state index is 12.7. The Kier molecular flexibility index (Phi) is 3.97. The maximum Gasteiger partial charge on any atom is 0.416 e. The molecule has 0 aliphatic heterocycles. The van der Waals surface area contributed by atoms with Crippen LogP contribution < -0.4 is 5.73 Å². The molecular weight excluding hydrogens is 299 g/mol. The molecule has 0 saturated heterocycles. The van der Waals surface area contributed by atoms with Gasteiger partial charge in [0, 0.05) is 6.20 Å². The number of rotatable bonds is 4. The number of carbonyl (C=O) groups is 1. The summed E-state index contributed by atoms with van der Waals surface area (Å²) in [6.45, 7) is 1.13. The number of aliphatic hydroxyl groups is 1. The molecule has 8 heteroatoms. The SMILES string of the molecule is CC(O)(Cn1nccc1C(N)=O)c1cccc(C(F)(F)F)c1. The van der Waals surface area contributed by atoms with Gasteiger partial charge in [0.2, 0.25) is 0 Å². The van der Waals surface area contributed by atoms with E-state index in [2.05, 4.69) is 5.10 Å². The standard InChI is InChI=1S/C14H14F3N3O2/c1-13(22,8-20-11(12(18)21)5-6-19-20)9-3-2-4-10(7-9)14(15,16)17/h2-7,22H,8H2,1H3,(H2,18,21). The number of primary amides is 1. The molecule has 0 bridgehead atoms. The summed E-state index contributed by atoms with van der Waals surface area (Å²) in [7, 11) is 0. The van der Waals surface area contributed by atoms with Crippen LogP contribution in [0, 0.1) is 0 Å². The van der Waals surface area contributed by atoms with E-state index >= 15 is 0 Å². The second-order valence-corrected chi connectivity index (χ2v) is 5.09. The third-order valence-corrected chi connectivity index (χ3v) is 3.24. The molecule has 1 aromatic carbocycles. The largest absolute Gasteiger partial charge is 0.416 e. The van der Waals surface area contributed by atoms with Crippen LogP contribution >= 0.6 is 0 Å². The van der Waals surface area contributed by atoms with Gasteiger partial charge in [-0.05, 0) is 30.7 Å². The Bertz CT molecular complexity index is 693. The van der Waals surface area contributed by atoms with Gasteiger partial charge in [0.1, 0.15) is 11.3 Å². The predicted octanol–water partition coefficient (Wildman–Crippen LogP) is 1.91. The molecule has 0 saturated carbocycles. The summed E-state index contributed by atoms with van der Waals surface area (Å²) in [6, 6.07) is 5.74. The number of nitrogens with two attached hydrogens (primary N) is 1. The highest BCUT2D eigenvalue weighted by molar-refractivity contribution is 5.90. The van der Waals surface area contributed by atoms with Gasteiger partial charge in [-0.1, -0.05) is 12.1 Å². The van der Waals surface area contributed by atoms with Crippen molar-refractivity contribution in [3.05, 3.63) is 53.3 Å². The minimum absolute atomic E-state index is 0.0623. The van der Waals surface area contributed by atoms with E-state index in [1.54, 1.807) is 0 Å².